The van der Waals surface area contributed by atoms with Gasteiger partial charge in [0, 0.05) is 37.2 Å². The Balaban J connectivity index is 1.33. The molecule has 1 heterocycles. The third-order valence-electron chi connectivity index (χ3n) is 8.05. The van der Waals surface area contributed by atoms with Crippen LogP contribution in [0, 0.1) is 0 Å². The number of rotatable bonds is 5. The number of fused-ring (bicyclic) bond motifs is 5. The van der Waals surface area contributed by atoms with Crippen LogP contribution in [0.15, 0.2) is 164 Å². The van der Waals surface area contributed by atoms with Crippen molar-refractivity contribution in [1.82, 2.24) is 0 Å². The molecule has 0 saturated heterocycles. The van der Waals surface area contributed by atoms with Gasteiger partial charge in [-0.1, -0.05) is 115 Å². The summed E-state index contributed by atoms with van der Waals surface area (Å²) >= 11 is 1.87. The molecule has 0 aliphatic rings. The summed E-state index contributed by atoms with van der Waals surface area (Å²) in [5, 5.41) is 5.21. The number of nitrogens with zero attached hydrogens (tertiary/aromatic N) is 1. The second-order valence-electron chi connectivity index (χ2n) is 10.6. The minimum Gasteiger partial charge on any atom is -0.310 e. The number of hydrogen-bond donors (Lipinski definition) is 0. The van der Waals surface area contributed by atoms with Crippen LogP contribution in [-0.4, -0.2) is 0 Å². The molecule has 1 aromatic heterocycles. The fourth-order valence-corrected chi connectivity index (χ4v) is 7.13. The van der Waals surface area contributed by atoms with Crippen LogP contribution in [0.25, 0.3) is 53.2 Å². The van der Waals surface area contributed by atoms with Gasteiger partial charge in [0.1, 0.15) is 0 Å². The number of hydrogen-bond acceptors (Lipinski definition) is 2. The van der Waals surface area contributed by atoms with Crippen LogP contribution in [-0.2, 0) is 0 Å². The molecule has 0 fully saturated rings. The van der Waals surface area contributed by atoms with Gasteiger partial charge in [-0.15, -0.1) is 11.3 Å². The molecule has 198 valence electrons. The smallest absolute Gasteiger partial charge is 0.0468 e. The Hall–Kier alpha value is -5.18. The number of benzene rings is 7. The monoisotopic (exact) mass is 553 g/mol. The molecule has 0 spiro atoms. The molecule has 42 heavy (non-hydrogen) atoms. The second kappa shape index (κ2) is 10.3. The van der Waals surface area contributed by atoms with Crippen molar-refractivity contribution in [1.29, 1.82) is 0 Å². The van der Waals surface area contributed by atoms with E-state index in [0.29, 0.717) is 0 Å². The normalized spacial score (nSPS) is 11.3. The summed E-state index contributed by atoms with van der Waals surface area (Å²) in [7, 11) is 0. The molecule has 0 unspecified atom stereocenters. The SMILES string of the molecule is c1ccc(-c2ccc(N(c3cccc(-c4ccccc4)c3)c3ccc4ccc5sc6ccccc6c5c4c3)cc2)cc1. The molecule has 8 rings (SSSR count). The Morgan fingerprint density at radius 3 is 1.74 bits per heavy atom. The van der Waals surface area contributed by atoms with E-state index in [1.807, 2.05) is 11.3 Å². The summed E-state index contributed by atoms with van der Waals surface area (Å²) in [5.41, 5.74) is 8.24. The lowest BCUT2D eigenvalue weighted by Crippen LogP contribution is -2.10. The van der Waals surface area contributed by atoms with Gasteiger partial charge in [0.05, 0.1) is 0 Å². The zero-order valence-corrected chi connectivity index (χ0v) is 23.8. The lowest BCUT2D eigenvalue weighted by molar-refractivity contribution is 1.29. The van der Waals surface area contributed by atoms with Gasteiger partial charge >= 0.3 is 0 Å². The highest BCUT2D eigenvalue weighted by atomic mass is 32.1. The van der Waals surface area contributed by atoms with E-state index in [4.69, 9.17) is 0 Å². The van der Waals surface area contributed by atoms with Gasteiger partial charge in [-0.3, -0.25) is 0 Å². The van der Waals surface area contributed by atoms with E-state index in [9.17, 15) is 0 Å². The summed E-state index contributed by atoms with van der Waals surface area (Å²) in [6.45, 7) is 0. The van der Waals surface area contributed by atoms with Gasteiger partial charge in [-0.05, 0) is 81.6 Å². The summed E-state index contributed by atoms with van der Waals surface area (Å²) in [6, 6.07) is 59.1. The molecule has 0 radical (unpaired) electrons. The maximum atomic E-state index is 2.38. The quantitative estimate of drug-likeness (QED) is 0.205. The molecule has 0 saturated carbocycles. The van der Waals surface area contributed by atoms with Crippen molar-refractivity contribution in [2.45, 2.75) is 0 Å². The highest BCUT2D eigenvalue weighted by molar-refractivity contribution is 7.26. The van der Waals surface area contributed by atoms with Crippen molar-refractivity contribution >= 4 is 59.3 Å². The second-order valence-corrected chi connectivity index (χ2v) is 11.7. The van der Waals surface area contributed by atoms with Crippen molar-refractivity contribution in [3.8, 4) is 22.3 Å². The van der Waals surface area contributed by atoms with Crippen LogP contribution >= 0.6 is 11.3 Å². The number of anilines is 3. The molecular weight excluding hydrogens is 527 g/mol. The minimum absolute atomic E-state index is 1.13. The van der Waals surface area contributed by atoms with E-state index in [2.05, 4.69) is 169 Å². The van der Waals surface area contributed by atoms with Crippen LogP contribution < -0.4 is 4.90 Å². The van der Waals surface area contributed by atoms with Crippen molar-refractivity contribution in [2.75, 3.05) is 4.90 Å². The standard InChI is InChI=1S/C40H27NS/c1-3-10-28(11-4-1)30-18-22-33(23-19-30)41(34-15-9-14-32(26-34)29-12-5-2-6-13-29)35-24-20-31-21-25-39-40(37(31)27-35)36-16-7-8-17-38(36)42-39/h1-27H. The van der Waals surface area contributed by atoms with E-state index in [-0.39, 0.29) is 0 Å². The first-order valence-corrected chi connectivity index (χ1v) is 15.1. The molecule has 0 bridgehead atoms. The maximum Gasteiger partial charge on any atom is 0.0468 e. The van der Waals surface area contributed by atoms with Gasteiger partial charge in [0.15, 0.2) is 0 Å². The first kappa shape index (κ1) is 24.6. The Morgan fingerprint density at radius 1 is 0.357 bits per heavy atom. The Labute approximate surface area is 249 Å². The van der Waals surface area contributed by atoms with E-state index in [1.165, 1.54) is 53.2 Å². The molecule has 8 aromatic rings. The molecule has 2 heteroatoms. The predicted molar refractivity (Wildman–Crippen MR) is 182 cm³/mol. The third kappa shape index (κ3) is 4.34. The molecule has 1 nitrogen and oxygen atoms in total. The van der Waals surface area contributed by atoms with Gasteiger partial charge in [0.25, 0.3) is 0 Å². The fraction of sp³-hybridized carbons (Fsp3) is 0. The summed E-state index contributed by atoms with van der Waals surface area (Å²) in [5.74, 6) is 0. The van der Waals surface area contributed by atoms with Gasteiger partial charge in [-0.25, -0.2) is 0 Å². The highest BCUT2D eigenvalue weighted by Crippen LogP contribution is 2.42. The van der Waals surface area contributed by atoms with Crippen LogP contribution in [0.4, 0.5) is 17.1 Å². The van der Waals surface area contributed by atoms with Crippen molar-refractivity contribution in [2.24, 2.45) is 0 Å². The first-order chi connectivity index (χ1) is 20.8. The van der Waals surface area contributed by atoms with Crippen LogP contribution in [0.5, 0.6) is 0 Å². The topological polar surface area (TPSA) is 3.24 Å². The fourth-order valence-electron chi connectivity index (χ4n) is 6.01. The molecule has 0 N–H and O–H groups in total. The maximum absolute atomic E-state index is 2.38. The average molecular weight is 554 g/mol. The van der Waals surface area contributed by atoms with E-state index in [1.54, 1.807) is 0 Å². The Morgan fingerprint density at radius 2 is 0.952 bits per heavy atom. The van der Waals surface area contributed by atoms with Gasteiger partial charge in [-0.2, -0.15) is 0 Å². The summed E-state index contributed by atoms with van der Waals surface area (Å²) in [4.78, 5) is 2.38. The summed E-state index contributed by atoms with van der Waals surface area (Å²) in [6.07, 6.45) is 0. The van der Waals surface area contributed by atoms with Crippen molar-refractivity contribution in [3.63, 3.8) is 0 Å². The van der Waals surface area contributed by atoms with Crippen LogP contribution in [0.3, 0.4) is 0 Å². The lowest BCUT2D eigenvalue weighted by atomic mass is 10.0. The molecule has 7 aromatic carbocycles. The van der Waals surface area contributed by atoms with Crippen molar-refractivity contribution in [3.05, 3.63) is 164 Å². The molecule has 0 atom stereocenters. The van der Waals surface area contributed by atoms with Gasteiger partial charge in [0.2, 0.25) is 0 Å². The largest absolute Gasteiger partial charge is 0.310 e. The zero-order chi connectivity index (χ0) is 27.9. The van der Waals surface area contributed by atoms with E-state index >= 15 is 0 Å². The third-order valence-corrected chi connectivity index (χ3v) is 9.18. The Bertz CT molecular complexity index is 2180. The lowest BCUT2D eigenvalue weighted by Gasteiger charge is -2.26. The molecule has 0 aliphatic heterocycles. The van der Waals surface area contributed by atoms with Crippen LogP contribution in [0.2, 0.25) is 0 Å². The number of thiophene rings is 1. The van der Waals surface area contributed by atoms with Gasteiger partial charge < -0.3 is 4.90 Å². The first-order valence-electron chi connectivity index (χ1n) is 14.3. The van der Waals surface area contributed by atoms with E-state index < -0.39 is 0 Å². The molecule has 0 aliphatic carbocycles. The zero-order valence-electron chi connectivity index (χ0n) is 22.9. The summed E-state index contributed by atoms with van der Waals surface area (Å²) < 4.78 is 2.65. The van der Waals surface area contributed by atoms with E-state index in [0.717, 1.165) is 17.1 Å². The predicted octanol–water partition coefficient (Wildman–Crippen LogP) is 12.0. The minimum atomic E-state index is 1.13. The molecular formula is C40H27NS. The van der Waals surface area contributed by atoms with Crippen LogP contribution in [0.1, 0.15) is 0 Å². The highest BCUT2D eigenvalue weighted by Gasteiger charge is 2.16. The van der Waals surface area contributed by atoms with Crippen molar-refractivity contribution < 1.29 is 0 Å². The molecule has 0 amide bonds. The average Bonchev–Trinajstić information content (AvgIpc) is 3.46. The Kier molecular flexibility index (Phi) is 6.05.